The van der Waals surface area contributed by atoms with Gasteiger partial charge in [-0.2, -0.15) is 0 Å². The van der Waals surface area contributed by atoms with Gasteiger partial charge in [0, 0.05) is 6.61 Å². The second-order valence-corrected chi connectivity index (χ2v) is 8.40. The lowest BCUT2D eigenvalue weighted by atomic mass is 10.0. The number of hydrogen-bond donors (Lipinski definition) is 3. The first-order chi connectivity index (χ1) is 14.2. The third-order valence-corrected chi connectivity index (χ3v) is 5.82. The zero-order valence-corrected chi connectivity index (χ0v) is 18.6. The minimum Gasteiger partial charge on any atom is -0.394 e. The topological polar surface area (TPSA) is 79.2 Å². The molecule has 0 aromatic carbocycles. The van der Waals surface area contributed by atoms with Crippen LogP contribution in [0.5, 0.6) is 0 Å². The van der Waals surface area contributed by atoms with E-state index >= 15 is 0 Å². The minimum atomic E-state index is -0.987. The van der Waals surface area contributed by atoms with Crippen LogP contribution < -0.4 is 0 Å². The third kappa shape index (κ3) is 12.7. The molecule has 0 bridgehead atoms. The molecule has 0 spiro atoms. The predicted octanol–water partition coefficient (Wildman–Crippen LogP) is 4.52. The zero-order chi connectivity index (χ0) is 21.2. The van der Waals surface area contributed by atoms with E-state index in [1.807, 2.05) is 0 Å². The van der Waals surface area contributed by atoms with Crippen molar-refractivity contribution < 1.29 is 24.8 Å². The van der Waals surface area contributed by atoms with Gasteiger partial charge in [0.1, 0.15) is 24.4 Å². The van der Waals surface area contributed by atoms with Gasteiger partial charge in [-0.25, -0.2) is 0 Å². The Hall–Kier alpha value is -0.460. The number of unbranched alkanes of at least 4 members (excludes halogenated alkanes) is 13. The van der Waals surface area contributed by atoms with Crippen molar-refractivity contribution in [1.82, 2.24) is 0 Å². The molecule has 0 aromatic heterocycles. The van der Waals surface area contributed by atoms with E-state index in [2.05, 4.69) is 19.1 Å². The molecular weight excluding hydrogens is 368 g/mol. The third-order valence-electron chi connectivity index (χ3n) is 5.82. The van der Waals surface area contributed by atoms with Gasteiger partial charge in [0.25, 0.3) is 0 Å². The highest BCUT2D eigenvalue weighted by molar-refractivity contribution is 4.87. The molecule has 1 aliphatic rings. The van der Waals surface area contributed by atoms with E-state index < -0.39 is 24.4 Å². The maximum Gasteiger partial charge on any atom is 0.114 e. The molecule has 1 rings (SSSR count). The Morgan fingerprint density at radius 1 is 0.828 bits per heavy atom. The summed E-state index contributed by atoms with van der Waals surface area (Å²) in [5.74, 6) is 0. The Labute approximate surface area is 178 Å². The van der Waals surface area contributed by atoms with Gasteiger partial charge in [-0.1, -0.05) is 82.8 Å². The lowest BCUT2D eigenvalue weighted by molar-refractivity contribution is -0.211. The van der Waals surface area contributed by atoms with Crippen LogP contribution in [0, 0.1) is 0 Å². The van der Waals surface area contributed by atoms with Gasteiger partial charge in [0.15, 0.2) is 0 Å². The van der Waals surface area contributed by atoms with E-state index in [1.54, 1.807) is 0 Å². The van der Waals surface area contributed by atoms with Crippen LogP contribution in [0.15, 0.2) is 12.2 Å². The van der Waals surface area contributed by atoms with E-state index in [9.17, 15) is 15.3 Å². The first-order valence-corrected chi connectivity index (χ1v) is 12.0. The van der Waals surface area contributed by atoms with Gasteiger partial charge in [-0.15, -0.1) is 0 Å². The molecule has 1 fully saturated rings. The van der Waals surface area contributed by atoms with Gasteiger partial charge < -0.3 is 24.8 Å². The summed E-state index contributed by atoms with van der Waals surface area (Å²) >= 11 is 0. The van der Waals surface area contributed by atoms with Crippen molar-refractivity contribution >= 4 is 0 Å². The average molecular weight is 415 g/mol. The second kappa shape index (κ2) is 18.3. The molecule has 4 atom stereocenters. The summed E-state index contributed by atoms with van der Waals surface area (Å²) in [6.07, 6.45) is 19.4. The van der Waals surface area contributed by atoms with Crippen LogP contribution in [0.2, 0.25) is 0 Å². The second-order valence-electron chi connectivity index (χ2n) is 8.40. The van der Waals surface area contributed by atoms with Gasteiger partial charge in [0.05, 0.1) is 13.2 Å². The fraction of sp³-hybridized carbons (Fsp3) is 0.917. The van der Waals surface area contributed by atoms with Crippen molar-refractivity contribution in [3.8, 4) is 0 Å². The van der Waals surface area contributed by atoms with Crippen LogP contribution in [0.4, 0.5) is 0 Å². The lowest BCUT2D eigenvalue weighted by Gasteiger charge is -2.37. The van der Waals surface area contributed by atoms with Crippen molar-refractivity contribution in [3.05, 3.63) is 12.2 Å². The standard InChI is InChI=1S/C24H46O5/c1-2-3-4-5-6-7-8-9-10-11-12-13-14-15-16-17-18-28-24-22(19-25)29-20-21(26)23(24)27/h2-3,21-27H,4-20H2,1H3/b3-2+/t21-,22+,23+,24+/m1/s1. The molecule has 5 heteroatoms. The summed E-state index contributed by atoms with van der Waals surface area (Å²) in [6.45, 7) is 2.46. The molecule has 29 heavy (non-hydrogen) atoms. The van der Waals surface area contributed by atoms with Crippen molar-refractivity contribution in [2.75, 3.05) is 19.8 Å². The number of allylic oxidation sites excluding steroid dienone is 2. The van der Waals surface area contributed by atoms with Crippen LogP contribution in [-0.4, -0.2) is 59.6 Å². The summed E-state index contributed by atoms with van der Waals surface area (Å²) in [6, 6.07) is 0. The molecule has 0 aliphatic carbocycles. The summed E-state index contributed by atoms with van der Waals surface area (Å²) in [4.78, 5) is 0. The fourth-order valence-electron chi connectivity index (χ4n) is 3.91. The minimum absolute atomic E-state index is 0.0448. The highest BCUT2D eigenvalue weighted by atomic mass is 16.6. The largest absolute Gasteiger partial charge is 0.394 e. The molecule has 0 amide bonds. The summed E-state index contributed by atoms with van der Waals surface area (Å²) in [5, 5.41) is 29.0. The number of aliphatic hydroxyl groups excluding tert-OH is 3. The Morgan fingerprint density at radius 3 is 1.86 bits per heavy atom. The van der Waals surface area contributed by atoms with Crippen molar-refractivity contribution in [2.45, 2.75) is 121 Å². The number of ether oxygens (including phenoxy) is 2. The molecule has 172 valence electrons. The first kappa shape index (κ1) is 26.6. The summed E-state index contributed by atoms with van der Waals surface area (Å²) < 4.78 is 11.0. The molecule has 0 radical (unpaired) electrons. The Kier molecular flexibility index (Phi) is 16.8. The Balaban J connectivity index is 1.84. The van der Waals surface area contributed by atoms with Gasteiger partial charge in [-0.3, -0.25) is 0 Å². The van der Waals surface area contributed by atoms with Crippen molar-refractivity contribution in [2.24, 2.45) is 0 Å². The van der Waals surface area contributed by atoms with Crippen LogP contribution in [-0.2, 0) is 9.47 Å². The number of rotatable bonds is 18. The van der Waals surface area contributed by atoms with E-state index in [0.29, 0.717) is 6.61 Å². The first-order valence-electron chi connectivity index (χ1n) is 12.0. The highest BCUT2D eigenvalue weighted by Gasteiger charge is 2.39. The van der Waals surface area contributed by atoms with E-state index in [1.165, 1.54) is 77.0 Å². The molecule has 1 heterocycles. The SMILES string of the molecule is C/C=C/CCCCCCCCCCCCCCCO[C@@H]1[C@@H](O)[C@H](O)CO[C@H]1CO. The molecule has 1 aliphatic heterocycles. The van der Waals surface area contributed by atoms with E-state index in [0.717, 1.165) is 12.8 Å². The fourth-order valence-corrected chi connectivity index (χ4v) is 3.91. The predicted molar refractivity (Wildman–Crippen MR) is 118 cm³/mol. The average Bonchev–Trinajstić information content (AvgIpc) is 2.73. The highest BCUT2D eigenvalue weighted by Crippen LogP contribution is 2.19. The van der Waals surface area contributed by atoms with Gasteiger partial charge in [-0.05, 0) is 26.2 Å². The Bertz CT molecular complexity index is 385. The lowest BCUT2D eigenvalue weighted by Crippen LogP contribution is -2.55. The van der Waals surface area contributed by atoms with Gasteiger partial charge >= 0.3 is 0 Å². The molecule has 0 saturated carbocycles. The van der Waals surface area contributed by atoms with Crippen molar-refractivity contribution in [1.29, 1.82) is 0 Å². The Morgan fingerprint density at radius 2 is 1.34 bits per heavy atom. The summed E-state index contributed by atoms with van der Waals surface area (Å²) in [7, 11) is 0. The maximum atomic E-state index is 10.0. The van der Waals surface area contributed by atoms with Crippen LogP contribution in [0.25, 0.3) is 0 Å². The number of hydrogen-bond acceptors (Lipinski definition) is 5. The smallest absolute Gasteiger partial charge is 0.114 e. The van der Waals surface area contributed by atoms with Crippen LogP contribution >= 0.6 is 0 Å². The molecule has 0 aromatic rings. The quantitative estimate of drug-likeness (QED) is 0.227. The zero-order valence-electron chi connectivity index (χ0n) is 18.6. The maximum absolute atomic E-state index is 10.0. The van der Waals surface area contributed by atoms with Crippen LogP contribution in [0.1, 0.15) is 96.8 Å². The van der Waals surface area contributed by atoms with Crippen LogP contribution in [0.3, 0.4) is 0 Å². The van der Waals surface area contributed by atoms with Crippen molar-refractivity contribution in [3.63, 3.8) is 0 Å². The number of aliphatic hydroxyl groups is 3. The molecule has 3 N–H and O–H groups in total. The molecule has 1 saturated heterocycles. The molecular formula is C24H46O5. The van der Waals surface area contributed by atoms with E-state index in [4.69, 9.17) is 9.47 Å². The molecule has 0 unspecified atom stereocenters. The normalized spacial score (nSPS) is 25.1. The monoisotopic (exact) mass is 414 g/mol. The van der Waals surface area contributed by atoms with Gasteiger partial charge in [0.2, 0.25) is 0 Å². The van der Waals surface area contributed by atoms with E-state index in [-0.39, 0.29) is 13.2 Å². The summed E-state index contributed by atoms with van der Waals surface area (Å²) in [5.41, 5.74) is 0. The molecule has 5 nitrogen and oxygen atoms in total.